The molecule has 6 aliphatic rings. The molecule has 0 aromatic heterocycles. The maximum atomic E-state index is 5.92. The highest BCUT2D eigenvalue weighted by Gasteiger charge is 2.88. The molecule has 9 atom stereocenters. The third-order valence-corrected chi connectivity index (χ3v) is 6.97. The minimum Gasteiger partial charge on any atom is -0.369 e. The van der Waals surface area contributed by atoms with Gasteiger partial charge in [0.05, 0.1) is 12.2 Å². The highest BCUT2D eigenvalue weighted by molar-refractivity contribution is 5.35. The quantitative estimate of drug-likeness (QED) is 0.507. The normalized spacial score (nSPS) is 88.6. The van der Waals surface area contributed by atoms with E-state index in [4.69, 9.17) is 4.74 Å². The lowest BCUT2D eigenvalue weighted by atomic mass is 9.57. The molecule has 6 fully saturated rings. The van der Waals surface area contributed by atoms with Gasteiger partial charge in [0.1, 0.15) is 0 Å². The van der Waals surface area contributed by atoms with E-state index < -0.39 is 0 Å². The van der Waals surface area contributed by atoms with Crippen molar-refractivity contribution in [2.24, 2.45) is 47.3 Å². The van der Waals surface area contributed by atoms with Crippen molar-refractivity contribution in [3.8, 4) is 0 Å². The first-order chi connectivity index (χ1) is 6.42. The summed E-state index contributed by atoms with van der Waals surface area (Å²) in [4.78, 5) is 0. The van der Waals surface area contributed by atoms with E-state index in [2.05, 4.69) is 0 Å². The first kappa shape index (κ1) is 5.75. The first-order valence-corrected chi connectivity index (χ1v) is 6.06. The summed E-state index contributed by atoms with van der Waals surface area (Å²) in [6.07, 6.45) is 3.23. The van der Waals surface area contributed by atoms with Crippen molar-refractivity contribution in [2.45, 2.75) is 18.4 Å². The van der Waals surface area contributed by atoms with Gasteiger partial charge in [-0.25, -0.2) is 0 Å². The van der Waals surface area contributed by atoms with Crippen molar-refractivity contribution in [2.75, 3.05) is 6.61 Å². The van der Waals surface area contributed by atoms with Crippen molar-refractivity contribution >= 4 is 0 Å². The predicted molar refractivity (Wildman–Crippen MR) is 45.8 cm³/mol. The van der Waals surface area contributed by atoms with Crippen molar-refractivity contribution in [3.63, 3.8) is 0 Å². The van der Waals surface area contributed by atoms with Gasteiger partial charge in [-0.15, -0.1) is 0 Å². The Hall–Kier alpha value is -0.0400. The van der Waals surface area contributed by atoms with Gasteiger partial charge in [-0.2, -0.15) is 0 Å². The van der Waals surface area contributed by atoms with Crippen LogP contribution >= 0.6 is 0 Å². The molecule has 5 aliphatic carbocycles. The number of epoxide rings is 1. The van der Waals surface area contributed by atoms with Gasteiger partial charge in [-0.1, -0.05) is 0 Å². The van der Waals surface area contributed by atoms with E-state index in [-0.39, 0.29) is 0 Å². The highest BCUT2D eigenvalue weighted by atomic mass is 16.6. The van der Waals surface area contributed by atoms with Crippen LogP contribution in [0.1, 0.15) is 12.8 Å². The highest BCUT2D eigenvalue weighted by Crippen LogP contribution is 2.87. The summed E-state index contributed by atoms with van der Waals surface area (Å²) in [7, 11) is 0. The second-order valence-corrected chi connectivity index (χ2v) is 6.58. The van der Waals surface area contributed by atoms with E-state index in [9.17, 15) is 0 Å². The van der Waals surface area contributed by atoms with Gasteiger partial charge >= 0.3 is 0 Å². The molecule has 5 saturated carbocycles. The molecule has 1 aliphatic heterocycles. The van der Waals surface area contributed by atoms with Crippen LogP contribution in [0.2, 0.25) is 0 Å². The fourth-order valence-electron chi connectivity index (χ4n) is 7.16. The van der Waals surface area contributed by atoms with E-state index in [0.29, 0.717) is 5.60 Å². The van der Waals surface area contributed by atoms with Crippen LogP contribution in [-0.2, 0) is 4.74 Å². The Morgan fingerprint density at radius 3 is 2.46 bits per heavy atom. The fourth-order valence-corrected chi connectivity index (χ4v) is 7.16. The summed E-state index contributed by atoms with van der Waals surface area (Å²) in [5.41, 5.74) is 0.505. The molecular weight excluding hydrogens is 160 g/mol. The molecule has 0 N–H and O–H groups in total. The van der Waals surface area contributed by atoms with E-state index in [1.54, 1.807) is 12.8 Å². The molecule has 1 spiro atoms. The number of hydrogen-bond donors (Lipinski definition) is 0. The average Bonchev–Trinajstić information content (AvgIpc) is 2.54. The summed E-state index contributed by atoms with van der Waals surface area (Å²) < 4.78 is 5.92. The molecule has 0 aromatic carbocycles. The Balaban J connectivity index is 1.76. The SMILES string of the molecule is C1[C@@H]2[C@@H]3C[C@@H]4[C@H]5[C@H]3[C@@H]1[C@@H]5[C@@]1(CO1)[C@H]24. The molecule has 0 unspecified atom stereocenters. The fraction of sp³-hybridized carbons (Fsp3) is 1.00. The van der Waals surface area contributed by atoms with Crippen LogP contribution in [0.15, 0.2) is 0 Å². The van der Waals surface area contributed by atoms with Gasteiger partial charge in [0.15, 0.2) is 0 Å². The summed E-state index contributed by atoms with van der Waals surface area (Å²) in [6, 6.07) is 0. The van der Waals surface area contributed by atoms with Gasteiger partial charge in [0, 0.05) is 0 Å². The van der Waals surface area contributed by atoms with E-state index in [1.165, 1.54) is 17.8 Å². The lowest BCUT2D eigenvalue weighted by Crippen LogP contribution is -2.47. The van der Waals surface area contributed by atoms with Crippen LogP contribution in [0.5, 0.6) is 0 Å². The van der Waals surface area contributed by atoms with E-state index in [1.807, 2.05) is 0 Å². The molecular formula is C12H14O. The van der Waals surface area contributed by atoms with E-state index >= 15 is 0 Å². The third-order valence-electron chi connectivity index (χ3n) is 6.97. The first-order valence-electron chi connectivity index (χ1n) is 6.06. The standard InChI is InChI=1S/C12H14O/c1-4-5-2-6-8(4)9-7(1)10(5)12(3-13-12)11(6)9/h4-11H,1-3H2/t4-,5+,6+,7+,8+,9-,10+,11-,12+/m0/s1. The molecule has 1 saturated heterocycles. The second-order valence-electron chi connectivity index (χ2n) is 6.58. The molecule has 2 bridgehead atoms. The summed E-state index contributed by atoms with van der Waals surface area (Å²) in [6.45, 7) is 1.15. The molecule has 0 radical (unpaired) electrons. The molecule has 13 heavy (non-hydrogen) atoms. The number of rotatable bonds is 0. The summed E-state index contributed by atoms with van der Waals surface area (Å²) in [5, 5.41) is 0. The monoisotopic (exact) mass is 174 g/mol. The summed E-state index contributed by atoms with van der Waals surface area (Å²) >= 11 is 0. The van der Waals surface area contributed by atoms with Gasteiger partial charge in [-0.05, 0) is 60.2 Å². The Bertz CT molecular complexity index is 339. The Labute approximate surface area is 77.8 Å². The lowest BCUT2D eigenvalue weighted by Gasteiger charge is -2.46. The van der Waals surface area contributed by atoms with E-state index in [0.717, 1.165) is 36.2 Å². The second kappa shape index (κ2) is 1.25. The van der Waals surface area contributed by atoms with Gasteiger partial charge in [0.2, 0.25) is 0 Å². The van der Waals surface area contributed by atoms with Gasteiger partial charge < -0.3 is 4.74 Å². The van der Waals surface area contributed by atoms with Crippen LogP contribution in [0, 0.1) is 47.3 Å². The minimum absolute atomic E-state index is 0.505. The predicted octanol–water partition coefficient (Wildman–Crippen LogP) is 1.53. The third kappa shape index (κ3) is 0.319. The van der Waals surface area contributed by atoms with Crippen molar-refractivity contribution in [1.29, 1.82) is 0 Å². The molecule has 6 rings (SSSR count). The van der Waals surface area contributed by atoms with Crippen LogP contribution in [0.3, 0.4) is 0 Å². The zero-order valence-corrected chi connectivity index (χ0v) is 7.65. The Kier molecular flexibility index (Phi) is 0.551. The number of hydrogen-bond acceptors (Lipinski definition) is 1. The zero-order valence-electron chi connectivity index (χ0n) is 7.65. The zero-order chi connectivity index (χ0) is 7.95. The minimum atomic E-state index is 0.505. The lowest BCUT2D eigenvalue weighted by molar-refractivity contribution is -0.0168. The van der Waals surface area contributed by atoms with Gasteiger partial charge in [0.25, 0.3) is 0 Å². The van der Waals surface area contributed by atoms with Crippen LogP contribution in [0.25, 0.3) is 0 Å². The van der Waals surface area contributed by atoms with Crippen molar-refractivity contribution in [1.82, 2.24) is 0 Å². The molecule has 1 heterocycles. The smallest absolute Gasteiger partial charge is 0.0983 e. The molecule has 68 valence electrons. The topological polar surface area (TPSA) is 12.5 Å². The van der Waals surface area contributed by atoms with Crippen LogP contribution in [-0.4, -0.2) is 12.2 Å². The number of fused-ring (bicyclic) bond motifs is 4. The summed E-state index contributed by atoms with van der Waals surface area (Å²) in [5.74, 6) is 9.11. The molecule has 0 aromatic rings. The maximum Gasteiger partial charge on any atom is 0.0983 e. The Morgan fingerprint density at radius 1 is 0.846 bits per heavy atom. The van der Waals surface area contributed by atoms with Gasteiger partial charge in [-0.3, -0.25) is 0 Å². The maximum absolute atomic E-state index is 5.92. The van der Waals surface area contributed by atoms with Crippen molar-refractivity contribution < 1.29 is 4.74 Å². The number of ether oxygens (including phenoxy) is 1. The molecule has 1 nitrogen and oxygen atoms in total. The van der Waals surface area contributed by atoms with Crippen molar-refractivity contribution in [3.05, 3.63) is 0 Å². The molecule has 1 heteroatoms. The largest absolute Gasteiger partial charge is 0.369 e. The average molecular weight is 174 g/mol. The van der Waals surface area contributed by atoms with Crippen LogP contribution < -0.4 is 0 Å². The molecule has 0 amide bonds. The Morgan fingerprint density at radius 2 is 1.62 bits per heavy atom. The van der Waals surface area contributed by atoms with Crippen LogP contribution in [0.4, 0.5) is 0 Å².